The maximum Gasteiger partial charge on any atom is 0.303 e. The second kappa shape index (κ2) is 6.00. The molecule has 1 fully saturated rings. The Labute approximate surface area is 102 Å². The van der Waals surface area contributed by atoms with Crippen molar-refractivity contribution in [3.8, 4) is 0 Å². The average Bonchev–Trinajstić information content (AvgIpc) is 2.28. The van der Waals surface area contributed by atoms with E-state index in [2.05, 4.69) is 6.92 Å². The zero-order valence-corrected chi connectivity index (χ0v) is 10.6. The van der Waals surface area contributed by atoms with E-state index in [1.165, 1.54) is 0 Å². The van der Waals surface area contributed by atoms with Gasteiger partial charge in [-0.25, -0.2) is 0 Å². The van der Waals surface area contributed by atoms with Crippen molar-refractivity contribution < 1.29 is 14.7 Å². The number of nitrogens with zero attached hydrogens (tertiary/aromatic N) is 1. The lowest BCUT2D eigenvalue weighted by molar-refractivity contribution is -0.139. The molecule has 1 aliphatic rings. The fraction of sp³-hybridized carbons (Fsp3) is 0.833. The van der Waals surface area contributed by atoms with Gasteiger partial charge in [0.25, 0.3) is 0 Å². The van der Waals surface area contributed by atoms with E-state index >= 15 is 0 Å². The van der Waals surface area contributed by atoms with Crippen LogP contribution in [0.1, 0.15) is 39.5 Å². The highest BCUT2D eigenvalue weighted by molar-refractivity contribution is 5.82. The third kappa shape index (κ3) is 3.70. The number of likely N-dealkylation sites (tertiary alicyclic amines) is 1. The Morgan fingerprint density at radius 2 is 2.12 bits per heavy atom. The fourth-order valence-corrected chi connectivity index (χ4v) is 2.26. The van der Waals surface area contributed by atoms with E-state index in [1.807, 2.05) is 6.92 Å². The molecule has 1 aliphatic heterocycles. The van der Waals surface area contributed by atoms with Crippen LogP contribution in [-0.4, -0.2) is 40.5 Å². The molecule has 1 rings (SSSR count). The Morgan fingerprint density at radius 3 is 2.71 bits per heavy atom. The van der Waals surface area contributed by atoms with Gasteiger partial charge in [-0.3, -0.25) is 9.59 Å². The molecule has 0 aliphatic carbocycles. The quantitative estimate of drug-likeness (QED) is 0.764. The van der Waals surface area contributed by atoms with E-state index in [0.29, 0.717) is 5.92 Å². The Morgan fingerprint density at radius 1 is 1.47 bits per heavy atom. The highest BCUT2D eigenvalue weighted by atomic mass is 16.4. The highest BCUT2D eigenvalue weighted by Gasteiger charge is 2.31. The Hall–Kier alpha value is -1.10. The Bertz CT molecular complexity index is 293. The normalized spacial score (nSPS) is 26.6. The van der Waals surface area contributed by atoms with Crippen LogP contribution in [0.4, 0.5) is 0 Å². The fourth-order valence-electron chi connectivity index (χ4n) is 2.26. The first-order valence-electron chi connectivity index (χ1n) is 6.21. The molecule has 3 N–H and O–H groups in total. The molecule has 5 nitrogen and oxygen atoms in total. The summed E-state index contributed by atoms with van der Waals surface area (Å²) in [6, 6.07) is -0.481. The van der Waals surface area contributed by atoms with Gasteiger partial charge in [-0.15, -0.1) is 0 Å². The van der Waals surface area contributed by atoms with E-state index in [4.69, 9.17) is 10.8 Å². The number of amides is 1. The molecule has 0 bridgehead atoms. The molecular weight excluding hydrogens is 220 g/mol. The van der Waals surface area contributed by atoms with Crippen molar-refractivity contribution in [3.63, 3.8) is 0 Å². The number of carbonyl (C=O) groups excluding carboxylic acids is 1. The van der Waals surface area contributed by atoms with E-state index in [9.17, 15) is 9.59 Å². The smallest absolute Gasteiger partial charge is 0.303 e. The molecule has 0 saturated carbocycles. The van der Waals surface area contributed by atoms with Crippen molar-refractivity contribution >= 4 is 11.9 Å². The van der Waals surface area contributed by atoms with Crippen LogP contribution in [0.15, 0.2) is 0 Å². The zero-order valence-electron chi connectivity index (χ0n) is 10.6. The minimum Gasteiger partial charge on any atom is -0.481 e. The number of hydrogen-bond donors (Lipinski definition) is 2. The van der Waals surface area contributed by atoms with Crippen molar-refractivity contribution in [2.45, 2.75) is 51.6 Å². The van der Waals surface area contributed by atoms with E-state index in [0.717, 1.165) is 19.4 Å². The number of aliphatic carboxylic acids is 1. The van der Waals surface area contributed by atoms with Crippen LogP contribution in [0.25, 0.3) is 0 Å². The monoisotopic (exact) mass is 242 g/mol. The SMILES string of the molecule is CC1CCCN(C(=O)C(N)CCC(=O)O)C1C. The topological polar surface area (TPSA) is 83.6 Å². The summed E-state index contributed by atoms with van der Waals surface area (Å²) in [5, 5.41) is 8.57. The molecule has 0 aromatic carbocycles. The molecule has 3 unspecified atom stereocenters. The lowest BCUT2D eigenvalue weighted by Crippen LogP contribution is -2.52. The van der Waals surface area contributed by atoms with Crippen LogP contribution >= 0.6 is 0 Å². The third-order valence-corrected chi connectivity index (χ3v) is 3.64. The van der Waals surface area contributed by atoms with Crippen LogP contribution in [-0.2, 0) is 9.59 Å². The summed E-state index contributed by atoms with van der Waals surface area (Å²) in [7, 11) is 0. The molecule has 0 radical (unpaired) electrons. The van der Waals surface area contributed by atoms with Crippen molar-refractivity contribution in [3.05, 3.63) is 0 Å². The number of carboxylic acid groups (broad SMARTS) is 1. The van der Waals surface area contributed by atoms with Crippen LogP contribution in [0.5, 0.6) is 0 Å². The standard InChI is InChI=1S/C12H22N2O3/c1-8-4-3-7-14(9(8)2)12(17)10(13)5-6-11(15)16/h8-10H,3-7,13H2,1-2H3,(H,15,16). The second-order valence-corrected chi connectivity index (χ2v) is 4.93. The summed E-state index contributed by atoms with van der Waals surface area (Å²) in [5.41, 5.74) is 5.75. The van der Waals surface area contributed by atoms with Gasteiger partial charge in [0.2, 0.25) is 5.91 Å². The Balaban J connectivity index is 2.53. The molecule has 17 heavy (non-hydrogen) atoms. The zero-order chi connectivity index (χ0) is 13.0. The first kappa shape index (κ1) is 14.0. The molecule has 0 spiro atoms. The molecular formula is C12H22N2O3. The van der Waals surface area contributed by atoms with E-state index in [-0.39, 0.29) is 24.8 Å². The molecule has 0 aromatic rings. The van der Waals surface area contributed by atoms with Crippen molar-refractivity contribution in [2.24, 2.45) is 11.7 Å². The van der Waals surface area contributed by atoms with Gasteiger partial charge in [-0.05, 0) is 32.1 Å². The number of rotatable bonds is 4. The number of carbonyl (C=O) groups is 2. The van der Waals surface area contributed by atoms with Crippen LogP contribution in [0.3, 0.4) is 0 Å². The van der Waals surface area contributed by atoms with Gasteiger partial charge < -0.3 is 15.7 Å². The van der Waals surface area contributed by atoms with Crippen molar-refractivity contribution in [2.75, 3.05) is 6.54 Å². The lowest BCUT2D eigenvalue weighted by atomic mass is 9.91. The summed E-state index contributed by atoms with van der Waals surface area (Å²) < 4.78 is 0. The predicted octanol–water partition coefficient (Wildman–Crippen LogP) is 0.825. The van der Waals surface area contributed by atoms with Crippen LogP contribution in [0, 0.1) is 5.92 Å². The number of carboxylic acids is 1. The minimum absolute atomic E-state index is 0.0509. The first-order chi connectivity index (χ1) is 7.93. The second-order valence-electron chi connectivity index (χ2n) is 4.93. The molecule has 1 saturated heterocycles. The number of hydrogen-bond acceptors (Lipinski definition) is 3. The maximum absolute atomic E-state index is 12.1. The average molecular weight is 242 g/mol. The summed E-state index contributed by atoms with van der Waals surface area (Å²) in [6.07, 6.45) is 2.30. The molecule has 1 heterocycles. The number of piperidine rings is 1. The third-order valence-electron chi connectivity index (χ3n) is 3.64. The molecule has 5 heteroatoms. The maximum atomic E-state index is 12.1. The van der Waals surface area contributed by atoms with Gasteiger partial charge in [0.15, 0.2) is 0 Å². The van der Waals surface area contributed by atoms with Gasteiger partial charge >= 0.3 is 5.97 Å². The molecule has 0 aromatic heterocycles. The lowest BCUT2D eigenvalue weighted by Gasteiger charge is -2.39. The van der Waals surface area contributed by atoms with Gasteiger partial charge in [-0.1, -0.05) is 6.92 Å². The Kier molecular flexibility index (Phi) is 4.93. The largest absolute Gasteiger partial charge is 0.481 e. The number of nitrogens with two attached hydrogens (primary N) is 1. The summed E-state index contributed by atoms with van der Waals surface area (Å²) >= 11 is 0. The summed E-state index contributed by atoms with van der Waals surface area (Å²) in [4.78, 5) is 24.3. The van der Waals surface area contributed by atoms with E-state index < -0.39 is 12.0 Å². The van der Waals surface area contributed by atoms with Gasteiger partial charge in [0, 0.05) is 19.0 Å². The molecule has 98 valence electrons. The van der Waals surface area contributed by atoms with Gasteiger partial charge in [-0.2, -0.15) is 0 Å². The minimum atomic E-state index is -0.909. The summed E-state index contributed by atoms with van der Waals surface area (Å²) in [5.74, 6) is -0.530. The van der Waals surface area contributed by atoms with Gasteiger partial charge in [0.1, 0.15) is 0 Å². The van der Waals surface area contributed by atoms with Crippen LogP contribution < -0.4 is 5.73 Å². The highest BCUT2D eigenvalue weighted by Crippen LogP contribution is 2.23. The predicted molar refractivity (Wildman–Crippen MR) is 64.4 cm³/mol. The summed E-state index contributed by atoms with van der Waals surface area (Å²) in [6.45, 7) is 4.91. The van der Waals surface area contributed by atoms with Crippen molar-refractivity contribution in [1.82, 2.24) is 4.90 Å². The van der Waals surface area contributed by atoms with Gasteiger partial charge in [0.05, 0.1) is 6.04 Å². The van der Waals surface area contributed by atoms with Crippen LogP contribution in [0.2, 0.25) is 0 Å². The molecule has 1 amide bonds. The van der Waals surface area contributed by atoms with Crippen molar-refractivity contribution in [1.29, 1.82) is 0 Å². The van der Waals surface area contributed by atoms with E-state index in [1.54, 1.807) is 4.90 Å². The first-order valence-corrected chi connectivity index (χ1v) is 6.21. The molecule has 3 atom stereocenters.